The van der Waals surface area contributed by atoms with E-state index in [4.69, 9.17) is 18.9 Å². The van der Waals surface area contributed by atoms with Gasteiger partial charge in [0.2, 0.25) is 5.91 Å². The van der Waals surface area contributed by atoms with Crippen molar-refractivity contribution in [3.8, 4) is 23.0 Å². The van der Waals surface area contributed by atoms with Gasteiger partial charge in [-0.15, -0.1) is 0 Å². The van der Waals surface area contributed by atoms with Crippen LogP contribution in [0, 0.1) is 0 Å². The summed E-state index contributed by atoms with van der Waals surface area (Å²) in [5.74, 6) is 1.72. The maximum atomic E-state index is 13.1. The van der Waals surface area contributed by atoms with Crippen molar-refractivity contribution in [1.82, 2.24) is 10.2 Å². The third-order valence-electron chi connectivity index (χ3n) is 5.22. The first-order chi connectivity index (χ1) is 16.1. The van der Waals surface area contributed by atoms with Crippen LogP contribution in [0.4, 0.5) is 0 Å². The van der Waals surface area contributed by atoms with E-state index in [0.717, 1.165) is 24.8 Å². The van der Waals surface area contributed by atoms with Crippen molar-refractivity contribution < 1.29 is 28.5 Å². The van der Waals surface area contributed by atoms with Gasteiger partial charge in [0.25, 0.3) is 5.91 Å². The molecule has 0 saturated carbocycles. The van der Waals surface area contributed by atoms with E-state index in [1.54, 1.807) is 25.3 Å². The lowest BCUT2D eigenvalue weighted by molar-refractivity contribution is -0.138. The Morgan fingerprint density at radius 1 is 1.00 bits per heavy atom. The Bertz CT molecular complexity index is 933. The quantitative estimate of drug-likeness (QED) is 0.719. The van der Waals surface area contributed by atoms with Gasteiger partial charge >= 0.3 is 0 Å². The zero-order valence-corrected chi connectivity index (χ0v) is 19.3. The molecule has 8 nitrogen and oxygen atoms in total. The van der Waals surface area contributed by atoms with E-state index in [2.05, 4.69) is 5.32 Å². The second kappa shape index (κ2) is 12.6. The summed E-state index contributed by atoms with van der Waals surface area (Å²) in [5.41, 5.74) is 0.777. The Morgan fingerprint density at radius 3 is 2.58 bits per heavy atom. The average molecular weight is 457 g/mol. The molecule has 2 aromatic rings. The Hall–Kier alpha value is -3.42. The van der Waals surface area contributed by atoms with E-state index in [0.29, 0.717) is 42.8 Å². The molecule has 178 valence electrons. The predicted molar refractivity (Wildman–Crippen MR) is 124 cm³/mol. The number of rotatable bonds is 6. The Morgan fingerprint density at radius 2 is 1.79 bits per heavy atom. The monoisotopic (exact) mass is 456 g/mol. The lowest BCUT2D eigenvalue weighted by Crippen LogP contribution is -2.42. The van der Waals surface area contributed by atoms with E-state index in [9.17, 15) is 9.59 Å². The van der Waals surface area contributed by atoms with Gasteiger partial charge in [0.05, 0.1) is 33.4 Å². The normalized spacial score (nSPS) is 15.0. The fraction of sp³-hybridized carbons (Fsp3) is 0.440. The van der Waals surface area contributed by atoms with E-state index >= 15 is 0 Å². The highest BCUT2D eigenvalue weighted by atomic mass is 16.5. The first kappa shape index (κ1) is 24.2. The highest BCUT2D eigenvalue weighted by Crippen LogP contribution is 2.33. The van der Waals surface area contributed by atoms with E-state index in [-0.39, 0.29) is 31.5 Å². The number of nitrogens with one attached hydrogen (secondary N) is 1. The third-order valence-corrected chi connectivity index (χ3v) is 5.22. The van der Waals surface area contributed by atoms with Crippen LogP contribution >= 0.6 is 0 Å². The molecule has 0 atom stereocenters. The summed E-state index contributed by atoms with van der Waals surface area (Å²) >= 11 is 0. The third kappa shape index (κ3) is 7.03. The summed E-state index contributed by atoms with van der Waals surface area (Å²) < 4.78 is 22.8. The van der Waals surface area contributed by atoms with Crippen molar-refractivity contribution in [2.24, 2.45) is 0 Å². The average Bonchev–Trinajstić information content (AvgIpc) is 2.84. The van der Waals surface area contributed by atoms with Gasteiger partial charge in [-0.25, -0.2) is 0 Å². The smallest absolute Gasteiger partial charge is 0.261 e. The first-order valence-corrected chi connectivity index (χ1v) is 11.3. The number of ether oxygens (including phenoxy) is 4. The van der Waals surface area contributed by atoms with Crippen molar-refractivity contribution in [1.29, 1.82) is 0 Å². The van der Waals surface area contributed by atoms with E-state index in [1.165, 1.54) is 4.90 Å². The summed E-state index contributed by atoms with van der Waals surface area (Å²) in [5, 5.41) is 2.89. The van der Waals surface area contributed by atoms with E-state index < -0.39 is 0 Å². The first-order valence-electron chi connectivity index (χ1n) is 11.3. The number of fused-ring (bicyclic) bond motifs is 1. The van der Waals surface area contributed by atoms with Crippen LogP contribution in [0.1, 0.15) is 31.7 Å². The summed E-state index contributed by atoms with van der Waals surface area (Å²) in [6.07, 6.45) is 2.65. The van der Waals surface area contributed by atoms with Crippen molar-refractivity contribution in [2.75, 3.05) is 40.0 Å². The van der Waals surface area contributed by atoms with Crippen LogP contribution in [0.25, 0.3) is 0 Å². The molecule has 1 heterocycles. The molecule has 0 bridgehead atoms. The molecule has 8 heteroatoms. The molecule has 0 unspecified atom stereocenters. The van der Waals surface area contributed by atoms with E-state index in [1.807, 2.05) is 31.2 Å². The van der Waals surface area contributed by atoms with Crippen LogP contribution in [0.3, 0.4) is 0 Å². The molecule has 33 heavy (non-hydrogen) atoms. The van der Waals surface area contributed by atoms with Crippen molar-refractivity contribution in [2.45, 2.75) is 32.7 Å². The largest absolute Gasteiger partial charge is 0.493 e. The summed E-state index contributed by atoms with van der Waals surface area (Å²) in [6.45, 7) is 3.40. The minimum Gasteiger partial charge on any atom is -0.493 e. The van der Waals surface area contributed by atoms with Gasteiger partial charge in [0, 0.05) is 12.1 Å². The second-order valence-corrected chi connectivity index (χ2v) is 7.63. The number of hydrogen-bond donors (Lipinski definition) is 1. The fourth-order valence-corrected chi connectivity index (χ4v) is 3.56. The second-order valence-electron chi connectivity index (χ2n) is 7.63. The number of carbonyl (C=O) groups is 2. The molecule has 0 spiro atoms. The van der Waals surface area contributed by atoms with Gasteiger partial charge in [-0.05, 0) is 44.4 Å². The minimum atomic E-state index is -0.321. The van der Waals surface area contributed by atoms with Crippen LogP contribution in [0.2, 0.25) is 0 Å². The molecule has 2 aromatic carbocycles. The maximum absolute atomic E-state index is 13.1. The van der Waals surface area contributed by atoms with Crippen molar-refractivity contribution in [3.05, 3.63) is 48.0 Å². The number of hydrogen-bond acceptors (Lipinski definition) is 6. The minimum absolute atomic E-state index is 0.0770. The number of carbonyl (C=O) groups excluding carboxylic acids is 2. The topological polar surface area (TPSA) is 86.3 Å². The van der Waals surface area contributed by atoms with Crippen LogP contribution in [-0.4, -0.2) is 56.7 Å². The molecular weight excluding hydrogens is 424 g/mol. The number of methoxy groups -OCH3 is 1. The predicted octanol–water partition coefficient (Wildman–Crippen LogP) is 3.18. The van der Waals surface area contributed by atoms with Gasteiger partial charge in [0.15, 0.2) is 29.6 Å². The van der Waals surface area contributed by atoms with Crippen molar-refractivity contribution in [3.63, 3.8) is 0 Å². The standard InChI is InChI=1S/C25H32N2O6/c1-3-31-22-13-9-10-19-16-27(17-23(28)26-14-7-4-8-15-32-25(19)22)24(29)18-33-21-12-6-5-11-20(21)30-2/h5-6,9-13H,3-4,7-8,14-18H2,1-2H3,(H,26,28). The zero-order chi connectivity index (χ0) is 23.5. The Balaban J connectivity index is 1.83. The van der Waals surface area contributed by atoms with Crippen LogP contribution in [0.5, 0.6) is 23.0 Å². The van der Waals surface area contributed by atoms with Gasteiger partial charge in [-0.1, -0.05) is 24.3 Å². The summed E-state index contributed by atoms with van der Waals surface area (Å²) in [6, 6.07) is 12.7. The number of para-hydroxylation sites is 3. The number of amides is 2. The molecule has 1 aliphatic heterocycles. The highest BCUT2D eigenvalue weighted by molar-refractivity contribution is 5.85. The van der Waals surface area contributed by atoms with Gasteiger partial charge in [0.1, 0.15) is 0 Å². The van der Waals surface area contributed by atoms with Gasteiger partial charge in [-0.2, -0.15) is 0 Å². The molecule has 0 saturated heterocycles. The van der Waals surface area contributed by atoms with Crippen LogP contribution in [0.15, 0.2) is 42.5 Å². The number of benzene rings is 2. The van der Waals surface area contributed by atoms with Crippen molar-refractivity contribution >= 4 is 11.8 Å². The lowest BCUT2D eigenvalue weighted by Gasteiger charge is -2.24. The molecule has 2 amide bonds. The fourth-order valence-electron chi connectivity index (χ4n) is 3.56. The summed E-state index contributed by atoms with van der Waals surface area (Å²) in [7, 11) is 1.54. The van der Waals surface area contributed by atoms with Gasteiger partial charge < -0.3 is 29.2 Å². The van der Waals surface area contributed by atoms with Crippen LogP contribution in [-0.2, 0) is 16.1 Å². The molecule has 0 aliphatic carbocycles. The molecule has 3 rings (SSSR count). The molecular formula is C25H32N2O6. The molecule has 1 aliphatic rings. The lowest BCUT2D eigenvalue weighted by atomic mass is 10.1. The van der Waals surface area contributed by atoms with Gasteiger partial charge in [-0.3, -0.25) is 9.59 Å². The molecule has 1 N–H and O–H groups in total. The SMILES string of the molecule is CCOc1cccc2c1OCCCCCNC(=O)CN(C(=O)COc1ccccc1OC)C2. The molecule has 0 aromatic heterocycles. The zero-order valence-electron chi connectivity index (χ0n) is 19.3. The Kier molecular flexibility index (Phi) is 9.23. The molecule has 0 radical (unpaired) electrons. The number of nitrogens with zero attached hydrogens (tertiary/aromatic N) is 1. The molecule has 0 fully saturated rings. The van der Waals surface area contributed by atoms with Crippen LogP contribution < -0.4 is 24.3 Å². The maximum Gasteiger partial charge on any atom is 0.261 e. The summed E-state index contributed by atoms with van der Waals surface area (Å²) in [4.78, 5) is 27.1. The Labute approximate surface area is 194 Å². The highest BCUT2D eigenvalue weighted by Gasteiger charge is 2.22.